The average molecular weight is 322 g/mol. The minimum absolute atomic E-state index is 0.0176. The summed E-state index contributed by atoms with van der Waals surface area (Å²) in [6.07, 6.45) is 5.47. The fourth-order valence-electron chi connectivity index (χ4n) is 3.11. The summed E-state index contributed by atoms with van der Waals surface area (Å²) >= 11 is 0. The number of fused-ring (bicyclic) bond motifs is 1. The van der Waals surface area contributed by atoms with Crippen LogP contribution < -0.4 is 0 Å². The largest absolute Gasteiger partial charge is 0.288 e. The highest BCUT2D eigenvalue weighted by Crippen LogP contribution is 2.34. The molecule has 24 heavy (non-hydrogen) atoms. The van der Waals surface area contributed by atoms with Gasteiger partial charge in [-0.25, -0.2) is 0 Å². The summed E-state index contributed by atoms with van der Waals surface area (Å²) in [4.78, 5) is 25.6. The Balaban J connectivity index is 1.99. The topological polar surface area (TPSA) is 52.0 Å². The lowest BCUT2D eigenvalue weighted by Crippen LogP contribution is -2.21. The normalized spacial score (nSPS) is 16.9. The van der Waals surface area contributed by atoms with Gasteiger partial charge in [-0.1, -0.05) is 56.7 Å². The summed E-state index contributed by atoms with van der Waals surface area (Å²) in [5, 5.41) is 4.47. The van der Waals surface area contributed by atoms with Gasteiger partial charge in [-0.2, -0.15) is 5.10 Å². The molecule has 1 atom stereocenters. The lowest BCUT2D eigenvalue weighted by atomic mass is 9.82. The summed E-state index contributed by atoms with van der Waals surface area (Å²) < 4.78 is 1.66. The van der Waals surface area contributed by atoms with Crippen molar-refractivity contribution in [3.63, 3.8) is 0 Å². The molecule has 1 aromatic heterocycles. The van der Waals surface area contributed by atoms with E-state index in [2.05, 4.69) is 18.9 Å². The number of carbonyl (C=O) groups excluding carboxylic acids is 2. The van der Waals surface area contributed by atoms with Crippen molar-refractivity contribution in [2.45, 2.75) is 32.6 Å². The molecule has 1 aromatic carbocycles. The highest BCUT2D eigenvalue weighted by atomic mass is 16.1. The number of carbonyl (C=O) groups is 2. The molecule has 4 heteroatoms. The van der Waals surface area contributed by atoms with Gasteiger partial charge in [-0.15, -0.1) is 0 Å². The molecule has 124 valence electrons. The molecule has 1 aliphatic rings. The molecule has 3 rings (SSSR count). The lowest BCUT2D eigenvalue weighted by molar-refractivity contribution is 0.0958. The quantitative estimate of drug-likeness (QED) is 0.619. The molecule has 0 N–H and O–H groups in total. The molecule has 0 saturated carbocycles. The Morgan fingerprint density at radius 2 is 1.96 bits per heavy atom. The lowest BCUT2D eigenvalue weighted by Gasteiger charge is -2.20. The molecule has 0 radical (unpaired) electrons. The molecular formula is C20H22N2O2. The molecule has 2 aromatic rings. The van der Waals surface area contributed by atoms with E-state index in [9.17, 15) is 9.59 Å². The Hall–Kier alpha value is -2.49. The Bertz CT molecular complexity index is 800. The van der Waals surface area contributed by atoms with Crippen molar-refractivity contribution in [3.05, 3.63) is 65.0 Å². The molecule has 0 aliphatic heterocycles. The van der Waals surface area contributed by atoms with Gasteiger partial charge in [0.05, 0.1) is 16.8 Å². The zero-order valence-electron chi connectivity index (χ0n) is 14.3. The van der Waals surface area contributed by atoms with E-state index in [4.69, 9.17) is 0 Å². The first-order chi connectivity index (χ1) is 11.5. The van der Waals surface area contributed by atoms with Gasteiger partial charge < -0.3 is 0 Å². The second-order valence-electron chi connectivity index (χ2n) is 6.78. The summed E-state index contributed by atoms with van der Waals surface area (Å²) in [6.45, 7) is 4.35. The van der Waals surface area contributed by atoms with Crippen LogP contribution in [0.4, 0.5) is 0 Å². The van der Waals surface area contributed by atoms with Crippen LogP contribution in [0.15, 0.2) is 48.2 Å². The predicted molar refractivity (Wildman–Crippen MR) is 93.2 cm³/mol. The Morgan fingerprint density at radius 1 is 1.25 bits per heavy atom. The fraction of sp³-hybridized carbons (Fsp3) is 0.350. The SMILES string of the molecule is CC(C)CCC1C=C(C(=O)c2ccccc2)C(=O)c2cn(C)nc21. The van der Waals surface area contributed by atoms with Crippen LogP contribution in [-0.2, 0) is 7.05 Å². The van der Waals surface area contributed by atoms with Crippen molar-refractivity contribution in [1.82, 2.24) is 9.78 Å². The maximum absolute atomic E-state index is 12.8. The molecular weight excluding hydrogens is 300 g/mol. The number of ketones is 2. The van der Waals surface area contributed by atoms with Crippen molar-refractivity contribution in [1.29, 1.82) is 0 Å². The van der Waals surface area contributed by atoms with Crippen LogP contribution in [0.2, 0.25) is 0 Å². The van der Waals surface area contributed by atoms with Crippen LogP contribution in [0.3, 0.4) is 0 Å². The van der Waals surface area contributed by atoms with Gasteiger partial charge in [0.2, 0.25) is 0 Å². The molecule has 4 nitrogen and oxygen atoms in total. The van der Waals surface area contributed by atoms with Crippen molar-refractivity contribution in [3.8, 4) is 0 Å². The van der Waals surface area contributed by atoms with Crippen LogP contribution in [0.1, 0.15) is 59.0 Å². The number of nitrogens with zero attached hydrogens (tertiary/aromatic N) is 2. The second-order valence-corrected chi connectivity index (χ2v) is 6.78. The Morgan fingerprint density at radius 3 is 2.62 bits per heavy atom. The molecule has 1 aliphatic carbocycles. The van der Waals surface area contributed by atoms with Crippen LogP contribution in [0.5, 0.6) is 0 Å². The van der Waals surface area contributed by atoms with Gasteiger partial charge in [-0.3, -0.25) is 14.3 Å². The Kier molecular flexibility index (Phi) is 4.47. The number of benzene rings is 1. The van der Waals surface area contributed by atoms with Gasteiger partial charge in [0.25, 0.3) is 0 Å². The van der Waals surface area contributed by atoms with Gasteiger partial charge in [-0.05, 0) is 12.3 Å². The minimum Gasteiger partial charge on any atom is -0.288 e. The average Bonchev–Trinajstić information content (AvgIpc) is 2.96. The summed E-state index contributed by atoms with van der Waals surface area (Å²) in [5.74, 6) is 0.165. The monoisotopic (exact) mass is 322 g/mol. The zero-order chi connectivity index (χ0) is 17.3. The highest BCUT2D eigenvalue weighted by Gasteiger charge is 2.33. The van der Waals surface area contributed by atoms with E-state index >= 15 is 0 Å². The smallest absolute Gasteiger partial charge is 0.200 e. The molecule has 0 amide bonds. The van der Waals surface area contributed by atoms with E-state index in [-0.39, 0.29) is 23.1 Å². The first-order valence-electron chi connectivity index (χ1n) is 8.37. The minimum atomic E-state index is -0.215. The van der Waals surface area contributed by atoms with Gasteiger partial charge >= 0.3 is 0 Å². The van der Waals surface area contributed by atoms with Gasteiger partial charge in [0, 0.05) is 24.7 Å². The summed E-state index contributed by atoms with van der Waals surface area (Å²) in [6, 6.07) is 8.98. The molecule has 1 unspecified atom stereocenters. The number of allylic oxidation sites excluding steroid dienone is 2. The second kappa shape index (κ2) is 6.56. The predicted octanol–water partition coefficient (Wildman–Crippen LogP) is 3.95. The van der Waals surface area contributed by atoms with Gasteiger partial charge in [0.15, 0.2) is 11.6 Å². The molecule has 0 fully saturated rings. The van der Waals surface area contributed by atoms with E-state index in [0.717, 1.165) is 18.5 Å². The highest BCUT2D eigenvalue weighted by molar-refractivity contribution is 6.31. The first kappa shape index (κ1) is 16.4. The van der Waals surface area contributed by atoms with E-state index in [1.807, 2.05) is 31.3 Å². The van der Waals surface area contributed by atoms with Crippen molar-refractivity contribution in [2.75, 3.05) is 0 Å². The Labute approximate surface area is 142 Å². The van der Waals surface area contributed by atoms with Crippen LogP contribution in [-0.4, -0.2) is 21.3 Å². The standard InChI is InChI=1S/C20H22N2O2/c1-13(2)9-10-15-11-16(19(23)14-7-5-4-6-8-14)20(24)17-12-22(3)21-18(15)17/h4-8,11-13,15H,9-10H2,1-3H3. The zero-order valence-corrected chi connectivity index (χ0v) is 14.3. The van der Waals surface area contributed by atoms with E-state index < -0.39 is 0 Å². The number of aromatic nitrogens is 2. The maximum atomic E-state index is 12.8. The number of aryl methyl sites for hydroxylation is 1. The first-order valence-corrected chi connectivity index (χ1v) is 8.37. The van der Waals surface area contributed by atoms with Crippen LogP contribution in [0, 0.1) is 5.92 Å². The molecule has 1 heterocycles. The third kappa shape index (κ3) is 3.09. The summed E-state index contributed by atoms with van der Waals surface area (Å²) in [7, 11) is 1.81. The number of rotatable bonds is 5. The van der Waals surface area contributed by atoms with Crippen molar-refractivity contribution in [2.24, 2.45) is 13.0 Å². The third-order valence-corrected chi connectivity index (χ3v) is 4.40. The van der Waals surface area contributed by atoms with Crippen molar-refractivity contribution >= 4 is 11.6 Å². The molecule has 0 saturated heterocycles. The third-order valence-electron chi connectivity index (χ3n) is 4.40. The van der Waals surface area contributed by atoms with Crippen LogP contribution in [0.25, 0.3) is 0 Å². The molecule has 0 spiro atoms. The fourth-order valence-corrected chi connectivity index (χ4v) is 3.11. The van der Waals surface area contributed by atoms with E-state index in [0.29, 0.717) is 17.0 Å². The van der Waals surface area contributed by atoms with Gasteiger partial charge in [0.1, 0.15) is 0 Å². The maximum Gasteiger partial charge on any atom is 0.200 e. The van der Waals surface area contributed by atoms with E-state index in [1.54, 1.807) is 23.0 Å². The molecule has 0 bridgehead atoms. The summed E-state index contributed by atoms with van der Waals surface area (Å²) in [5.41, 5.74) is 2.18. The van der Waals surface area contributed by atoms with E-state index in [1.165, 1.54) is 0 Å². The number of hydrogen-bond donors (Lipinski definition) is 0. The number of hydrogen-bond acceptors (Lipinski definition) is 3. The van der Waals surface area contributed by atoms with Crippen molar-refractivity contribution < 1.29 is 9.59 Å². The number of Topliss-reactive ketones (excluding diaryl/α,β-unsaturated/α-hetero) is 2. The van der Waals surface area contributed by atoms with Crippen LogP contribution >= 0.6 is 0 Å².